The number of sulfonamides is 1. The Hall–Kier alpha value is -1.69. The van der Waals surface area contributed by atoms with Crippen molar-refractivity contribution in [1.82, 2.24) is 9.31 Å². The number of amides is 1. The summed E-state index contributed by atoms with van der Waals surface area (Å²) in [5, 5.41) is 13.7. The van der Waals surface area contributed by atoms with E-state index in [0.29, 0.717) is 5.02 Å². The Morgan fingerprint density at radius 2 is 1.79 bits per heavy atom. The third-order valence-electron chi connectivity index (χ3n) is 4.84. The van der Waals surface area contributed by atoms with Crippen LogP contribution in [-0.2, 0) is 14.8 Å². The van der Waals surface area contributed by atoms with Crippen molar-refractivity contribution in [3.63, 3.8) is 0 Å². The van der Waals surface area contributed by atoms with Crippen molar-refractivity contribution in [2.75, 3.05) is 13.1 Å². The molecule has 12 heteroatoms. The van der Waals surface area contributed by atoms with Crippen LogP contribution in [0.2, 0.25) is 5.02 Å². The van der Waals surface area contributed by atoms with Gasteiger partial charge in [-0.25, -0.2) is 8.42 Å². The first-order valence-electron chi connectivity index (χ1n) is 8.38. The van der Waals surface area contributed by atoms with Crippen molar-refractivity contribution >= 4 is 33.7 Å². The molecular formula is C16H17ClF3N3O4S. The predicted octanol–water partition coefficient (Wildman–Crippen LogP) is 2.21. The lowest BCUT2D eigenvalue weighted by Gasteiger charge is -2.36. The van der Waals surface area contributed by atoms with Crippen LogP contribution in [0.15, 0.2) is 34.3 Å². The predicted molar refractivity (Wildman–Crippen MR) is 93.9 cm³/mol. The molecule has 0 aliphatic carbocycles. The maximum atomic E-state index is 13.1. The lowest BCUT2D eigenvalue weighted by Crippen LogP contribution is -2.58. The van der Waals surface area contributed by atoms with Crippen molar-refractivity contribution < 1.29 is 31.5 Å². The number of nitrogens with zero attached hydrogens (tertiary/aromatic N) is 3. The molecule has 0 saturated carbocycles. The molecule has 7 nitrogen and oxygen atoms in total. The fourth-order valence-electron chi connectivity index (χ4n) is 3.18. The van der Waals surface area contributed by atoms with Gasteiger partial charge >= 0.3 is 6.18 Å². The molecule has 28 heavy (non-hydrogen) atoms. The van der Waals surface area contributed by atoms with Gasteiger partial charge in [0.2, 0.25) is 15.9 Å². The van der Waals surface area contributed by atoms with E-state index in [1.807, 2.05) is 0 Å². The van der Waals surface area contributed by atoms with Gasteiger partial charge in [0.25, 0.3) is 5.72 Å². The molecule has 2 aliphatic rings. The number of halogens is 4. The number of piperidine rings is 1. The van der Waals surface area contributed by atoms with Gasteiger partial charge in [-0.1, -0.05) is 11.6 Å². The van der Waals surface area contributed by atoms with Crippen LogP contribution in [0.25, 0.3) is 0 Å². The molecule has 1 saturated heterocycles. The number of carbonyl (C=O) groups excluding carboxylic acids is 1. The lowest BCUT2D eigenvalue weighted by molar-refractivity contribution is -0.303. The number of carbonyl (C=O) groups is 1. The number of hydrazone groups is 1. The SMILES string of the molecule is O=C(C1CCN(S(=O)(=O)c2ccc(Cl)cc2)CC1)N1N=CC[C@@]1(O)C(F)(F)F. The third-order valence-corrected chi connectivity index (χ3v) is 7.01. The highest BCUT2D eigenvalue weighted by Crippen LogP contribution is 2.40. The summed E-state index contributed by atoms with van der Waals surface area (Å²) >= 11 is 5.76. The van der Waals surface area contributed by atoms with Crippen molar-refractivity contribution in [3.05, 3.63) is 29.3 Å². The minimum absolute atomic E-state index is 0.0195. The average molecular weight is 440 g/mol. The molecule has 1 amide bonds. The Kier molecular flexibility index (Phi) is 5.47. The normalized spacial score (nSPS) is 24.7. The molecule has 0 bridgehead atoms. The summed E-state index contributed by atoms with van der Waals surface area (Å²) < 4.78 is 65.9. The van der Waals surface area contributed by atoms with Gasteiger partial charge < -0.3 is 5.11 Å². The highest BCUT2D eigenvalue weighted by Gasteiger charge is 2.62. The van der Waals surface area contributed by atoms with Crippen molar-refractivity contribution in [3.8, 4) is 0 Å². The Morgan fingerprint density at radius 1 is 1.21 bits per heavy atom. The van der Waals surface area contributed by atoms with Gasteiger partial charge in [0.15, 0.2) is 0 Å². The molecule has 1 fully saturated rings. The van der Waals surface area contributed by atoms with Crippen molar-refractivity contribution in [2.45, 2.75) is 36.1 Å². The van der Waals surface area contributed by atoms with Crippen LogP contribution in [-0.4, -0.2) is 60.0 Å². The van der Waals surface area contributed by atoms with Crippen LogP contribution in [0.5, 0.6) is 0 Å². The molecule has 0 radical (unpaired) electrons. The summed E-state index contributed by atoms with van der Waals surface area (Å²) in [6.07, 6.45) is -5.02. The molecule has 0 aromatic heterocycles. The Morgan fingerprint density at radius 3 is 2.32 bits per heavy atom. The molecule has 0 unspecified atom stereocenters. The first kappa shape index (κ1) is 21.0. The summed E-state index contributed by atoms with van der Waals surface area (Å²) in [6.45, 7) is -0.0767. The van der Waals surface area contributed by atoms with E-state index in [4.69, 9.17) is 11.6 Å². The number of aliphatic hydroxyl groups is 1. The van der Waals surface area contributed by atoms with E-state index in [2.05, 4.69) is 5.10 Å². The first-order valence-corrected chi connectivity index (χ1v) is 10.2. The van der Waals surface area contributed by atoms with Gasteiger partial charge in [-0.2, -0.15) is 27.6 Å². The number of hydrogen-bond donors (Lipinski definition) is 1. The van der Waals surface area contributed by atoms with Crippen LogP contribution in [0.4, 0.5) is 13.2 Å². The second-order valence-corrected chi connectivity index (χ2v) is 8.97. The lowest BCUT2D eigenvalue weighted by atomic mass is 9.96. The molecule has 1 N–H and O–H groups in total. The zero-order chi connectivity index (χ0) is 20.7. The van der Waals surface area contributed by atoms with Crippen LogP contribution in [0.1, 0.15) is 19.3 Å². The summed E-state index contributed by atoms with van der Waals surface area (Å²) in [5.41, 5.74) is -3.36. The largest absolute Gasteiger partial charge is 0.438 e. The number of benzene rings is 1. The van der Waals surface area contributed by atoms with Gasteiger partial charge in [-0.3, -0.25) is 4.79 Å². The average Bonchev–Trinajstić information content (AvgIpc) is 3.04. The van der Waals surface area contributed by atoms with Crippen molar-refractivity contribution in [2.24, 2.45) is 11.0 Å². The maximum absolute atomic E-state index is 13.1. The standard InChI is InChI=1S/C16H17ClF3N3O4S/c17-12-1-3-13(4-2-12)28(26,27)22-9-5-11(6-10-22)14(24)23-15(25,7-8-21-23)16(18,19)20/h1-4,8,11,25H,5-7,9-10H2/t15-/m1/s1. The van der Waals surface area contributed by atoms with Gasteiger partial charge in [0, 0.05) is 36.7 Å². The molecular weight excluding hydrogens is 423 g/mol. The number of hydrogen-bond acceptors (Lipinski definition) is 5. The monoisotopic (exact) mass is 439 g/mol. The van der Waals surface area contributed by atoms with Crippen LogP contribution in [0, 0.1) is 5.92 Å². The van der Waals surface area contributed by atoms with Gasteiger partial charge in [0.1, 0.15) is 0 Å². The molecule has 1 aromatic rings. The molecule has 2 aliphatic heterocycles. The summed E-state index contributed by atoms with van der Waals surface area (Å²) in [5.74, 6) is -1.85. The van der Waals surface area contributed by atoms with Crippen LogP contribution >= 0.6 is 11.6 Å². The Balaban J connectivity index is 1.69. The van der Waals surface area contributed by atoms with E-state index in [9.17, 15) is 31.5 Å². The van der Waals surface area contributed by atoms with E-state index in [1.165, 1.54) is 28.6 Å². The fraction of sp³-hybridized carbons (Fsp3) is 0.500. The first-order chi connectivity index (χ1) is 13.0. The molecule has 2 heterocycles. The van der Waals surface area contributed by atoms with E-state index in [0.717, 1.165) is 6.21 Å². The fourth-order valence-corrected chi connectivity index (χ4v) is 4.77. The molecule has 154 valence electrons. The zero-order valence-corrected chi connectivity index (χ0v) is 16.0. The minimum atomic E-state index is -5.06. The topological polar surface area (TPSA) is 90.3 Å². The summed E-state index contributed by atoms with van der Waals surface area (Å²) in [6, 6.07) is 5.59. The van der Waals surface area contributed by atoms with E-state index < -0.39 is 40.2 Å². The summed E-state index contributed by atoms with van der Waals surface area (Å²) in [4.78, 5) is 12.5. The zero-order valence-electron chi connectivity index (χ0n) is 14.4. The number of alkyl halides is 3. The smallest absolute Gasteiger partial charge is 0.362 e. The van der Waals surface area contributed by atoms with Crippen molar-refractivity contribution in [1.29, 1.82) is 0 Å². The second kappa shape index (κ2) is 7.29. The van der Waals surface area contributed by atoms with Crippen LogP contribution in [0.3, 0.4) is 0 Å². The maximum Gasteiger partial charge on any atom is 0.438 e. The molecule has 1 atom stereocenters. The Labute approximate surface area is 164 Å². The van der Waals surface area contributed by atoms with E-state index in [-0.39, 0.29) is 35.8 Å². The highest BCUT2D eigenvalue weighted by atomic mass is 35.5. The Bertz CT molecular complexity index is 883. The van der Waals surface area contributed by atoms with E-state index in [1.54, 1.807) is 0 Å². The summed E-state index contributed by atoms with van der Waals surface area (Å²) in [7, 11) is -3.80. The quantitative estimate of drug-likeness (QED) is 0.781. The molecule has 0 spiro atoms. The van der Waals surface area contributed by atoms with Gasteiger partial charge in [-0.05, 0) is 37.1 Å². The minimum Gasteiger partial charge on any atom is -0.362 e. The van der Waals surface area contributed by atoms with Gasteiger partial charge in [-0.15, -0.1) is 0 Å². The van der Waals surface area contributed by atoms with Crippen LogP contribution < -0.4 is 0 Å². The van der Waals surface area contributed by atoms with E-state index >= 15 is 0 Å². The molecule has 3 rings (SSSR count). The molecule has 1 aromatic carbocycles. The highest BCUT2D eigenvalue weighted by molar-refractivity contribution is 7.89. The second-order valence-electron chi connectivity index (χ2n) is 6.60. The van der Waals surface area contributed by atoms with Gasteiger partial charge in [0.05, 0.1) is 4.90 Å². The third kappa shape index (κ3) is 3.63. The number of rotatable bonds is 3.